The van der Waals surface area contributed by atoms with Gasteiger partial charge >= 0.3 is 0 Å². The van der Waals surface area contributed by atoms with Crippen LogP contribution in [0.2, 0.25) is 0 Å². The number of nitrogens with zero attached hydrogens (tertiary/aromatic N) is 3. The maximum atomic E-state index is 10.9. The first-order valence-electron chi connectivity index (χ1n) is 7.78. The van der Waals surface area contributed by atoms with Crippen molar-refractivity contribution < 1.29 is 10.0 Å². The van der Waals surface area contributed by atoms with Gasteiger partial charge in [0.1, 0.15) is 0 Å². The minimum absolute atomic E-state index is 0.0476. The summed E-state index contributed by atoms with van der Waals surface area (Å²) in [6.07, 6.45) is 0.868. The number of hydrogen-bond acceptors (Lipinski definition) is 5. The minimum Gasteiger partial charge on any atom is -0.387 e. The Hall–Kier alpha value is -3.01. The molecule has 0 saturated carbocycles. The summed E-state index contributed by atoms with van der Waals surface area (Å²) in [5.41, 5.74) is 1.98. The Morgan fingerprint density at radius 2 is 2.08 bits per heavy atom. The second-order valence-corrected chi connectivity index (χ2v) is 5.66. The molecule has 0 fully saturated rings. The van der Waals surface area contributed by atoms with Crippen molar-refractivity contribution in [1.29, 1.82) is 5.26 Å². The van der Waals surface area contributed by atoms with E-state index in [4.69, 9.17) is 5.26 Å². The number of aliphatic hydroxyl groups is 1. The van der Waals surface area contributed by atoms with Crippen LogP contribution in [0.4, 0.5) is 5.69 Å². The molecule has 1 unspecified atom stereocenters. The summed E-state index contributed by atoms with van der Waals surface area (Å²) in [6.45, 7) is 5.10. The summed E-state index contributed by atoms with van der Waals surface area (Å²) in [6, 6.07) is 15.4. The molecular formula is C19H19N3O3. The van der Waals surface area contributed by atoms with Crippen molar-refractivity contribution in [2.45, 2.75) is 12.6 Å². The zero-order chi connectivity index (χ0) is 18.2. The molecule has 0 aliphatic carbocycles. The minimum atomic E-state index is -0.862. The van der Waals surface area contributed by atoms with E-state index in [1.54, 1.807) is 30.3 Å². The zero-order valence-electron chi connectivity index (χ0n) is 13.7. The van der Waals surface area contributed by atoms with Gasteiger partial charge in [0.05, 0.1) is 22.7 Å². The van der Waals surface area contributed by atoms with Gasteiger partial charge in [0.2, 0.25) is 0 Å². The number of benzene rings is 2. The van der Waals surface area contributed by atoms with E-state index in [-0.39, 0.29) is 5.69 Å². The molecule has 6 heteroatoms. The van der Waals surface area contributed by atoms with E-state index in [0.29, 0.717) is 30.8 Å². The van der Waals surface area contributed by atoms with Crippen molar-refractivity contribution in [3.05, 3.63) is 88.0 Å². The normalized spacial score (nSPS) is 11.7. The van der Waals surface area contributed by atoms with Crippen LogP contribution in [0.3, 0.4) is 0 Å². The molecule has 6 nitrogen and oxygen atoms in total. The van der Waals surface area contributed by atoms with Crippen molar-refractivity contribution in [3.63, 3.8) is 0 Å². The van der Waals surface area contributed by atoms with Crippen LogP contribution in [0.15, 0.2) is 61.2 Å². The summed E-state index contributed by atoms with van der Waals surface area (Å²) in [7, 11) is 0. The zero-order valence-corrected chi connectivity index (χ0v) is 13.7. The fourth-order valence-electron chi connectivity index (χ4n) is 2.58. The van der Waals surface area contributed by atoms with Crippen LogP contribution in [0.1, 0.15) is 22.8 Å². The largest absolute Gasteiger partial charge is 0.387 e. The van der Waals surface area contributed by atoms with Gasteiger partial charge in [0, 0.05) is 31.8 Å². The molecule has 0 saturated heterocycles. The Kier molecular flexibility index (Phi) is 6.40. The number of nitriles is 1. The second kappa shape index (κ2) is 8.73. The van der Waals surface area contributed by atoms with Crippen LogP contribution in [-0.2, 0) is 6.54 Å². The number of nitro benzene ring substituents is 1. The first-order valence-corrected chi connectivity index (χ1v) is 7.78. The number of nitro groups is 1. The monoisotopic (exact) mass is 337 g/mol. The highest BCUT2D eigenvalue weighted by Gasteiger charge is 2.16. The van der Waals surface area contributed by atoms with Crippen LogP contribution in [-0.4, -0.2) is 28.0 Å². The SMILES string of the molecule is C=CCN(Cc1cccc(C#N)c1)CC(O)c1cccc([N+](=O)[O-])c1. The number of hydrogen-bond donors (Lipinski definition) is 1. The average Bonchev–Trinajstić information content (AvgIpc) is 2.62. The predicted molar refractivity (Wildman–Crippen MR) is 94.7 cm³/mol. The molecule has 0 amide bonds. The van der Waals surface area contributed by atoms with Gasteiger partial charge in [-0.25, -0.2) is 0 Å². The molecule has 0 bridgehead atoms. The predicted octanol–water partition coefficient (Wildman–Crippen LogP) is 3.19. The summed E-state index contributed by atoms with van der Waals surface area (Å²) >= 11 is 0. The average molecular weight is 337 g/mol. The Morgan fingerprint density at radius 3 is 2.76 bits per heavy atom. The number of rotatable bonds is 8. The van der Waals surface area contributed by atoms with E-state index < -0.39 is 11.0 Å². The van der Waals surface area contributed by atoms with Gasteiger partial charge in [-0.2, -0.15) is 5.26 Å². The van der Waals surface area contributed by atoms with Crippen molar-refractivity contribution in [2.24, 2.45) is 0 Å². The first-order chi connectivity index (χ1) is 12.0. The van der Waals surface area contributed by atoms with Gasteiger partial charge in [0.25, 0.3) is 5.69 Å². The third-order valence-corrected chi connectivity index (χ3v) is 3.75. The van der Waals surface area contributed by atoms with E-state index in [1.165, 1.54) is 12.1 Å². The Labute approximate surface area is 146 Å². The van der Waals surface area contributed by atoms with Crippen molar-refractivity contribution >= 4 is 5.69 Å². The summed E-state index contributed by atoms with van der Waals surface area (Å²) in [5, 5.41) is 30.3. The van der Waals surface area contributed by atoms with Gasteiger partial charge in [-0.1, -0.05) is 30.3 Å². The molecule has 1 atom stereocenters. The standard InChI is InChI=1S/C19H19N3O3/c1-2-9-21(13-16-6-3-5-15(10-16)12-20)14-19(23)17-7-4-8-18(11-17)22(24)25/h2-8,10-11,19,23H,1,9,13-14H2. The molecule has 0 heterocycles. The van der Waals surface area contributed by atoms with Crippen molar-refractivity contribution in [3.8, 4) is 6.07 Å². The van der Waals surface area contributed by atoms with Gasteiger partial charge < -0.3 is 5.11 Å². The lowest BCUT2D eigenvalue weighted by Crippen LogP contribution is -2.28. The van der Waals surface area contributed by atoms with Crippen LogP contribution >= 0.6 is 0 Å². The molecule has 0 aromatic heterocycles. The van der Waals surface area contributed by atoms with Gasteiger partial charge in [-0.15, -0.1) is 6.58 Å². The van der Waals surface area contributed by atoms with E-state index in [2.05, 4.69) is 12.6 Å². The highest BCUT2D eigenvalue weighted by atomic mass is 16.6. The van der Waals surface area contributed by atoms with Gasteiger partial charge in [0.15, 0.2) is 0 Å². The fourth-order valence-corrected chi connectivity index (χ4v) is 2.58. The quantitative estimate of drug-likeness (QED) is 0.454. The molecular weight excluding hydrogens is 318 g/mol. The smallest absolute Gasteiger partial charge is 0.269 e. The van der Waals surface area contributed by atoms with Crippen LogP contribution in [0, 0.1) is 21.4 Å². The third-order valence-electron chi connectivity index (χ3n) is 3.75. The first kappa shape index (κ1) is 18.3. The number of aliphatic hydroxyl groups excluding tert-OH is 1. The highest BCUT2D eigenvalue weighted by molar-refractivity contribution is 5.35. The molecule has 2 rings (SSSR count). The molecule has 0 aliphatic rings. The van der Waals surface area contributed by atoms with Crippen LogP contribution in [0.5, 0.6) is 0 Å². The number of non-ortho nitro benzene ring substituents is 1. The molecule has 1 N–H and O–H groups in total. The molecule has 0 radical (unpaired) electrons. The summed E-state index contributed by atoms with van der Waals surface area (Å²) in [4.78, 5) is 12.4. The molecule has 25 heavy (non-hydrogen) atoms. The van der Waals surface area contributed by atoms with Gasteiger partial charge in [-0.05, 0) is 23.3 Å². The molecule has 0 spiro atoms. The van der Waals surface area contributed by atoms with E-state index >= 15 is 0 Å². The van der Waals surface area contributed by atoms with E-state index in [9.17, 15) is 15.2 Å². The molecule has 2 aromatic rings. The topological polar surface area (TPSA) is 90.4 Å². The molecule has 2 aromatic carbocycles. The summed E-state index contributed by atoms with van der Waals surface area (Å²) in [5.74, 6) is 0. The lowest BCUT2D eigenvalue weighted by molar-refractivity contribution is -0.385. The molecule has 0 aliphatic heterocycles. The Bertz CT molecular complexity index is 798. The van der Waals surface area contributed by atoms with Gasteiger partial charge in [-0.3, -0.25) is 15.0 Å². The van der Waals surface area contributed by atoms with Crippen molar-refractivity contribution in [2.75, 3.05) is 13.1 Å². The van der Waals surface area contributed by atoms with E-state index in [0.717, 1.165) is 5.56 Å². The highest BCUT2D eigenvalue weighted by Crippen LogP contribution is 2.21. The van der Waals surface area contributed by atoms with E-state index in [1.807, 2.05) is 17.0 Å². The maximum absolute atomic E-state index is 10.9. The lowest BCUT2D eigenvalue weighted by Gasteiger charge is -2.24. The fraction of sp³-hybridized carbons (Fsp3) is 0.211. The Balaban J connectivity index is 2.12. The second-order valence-electron chi connectivity index (χ2n) is 5.66. The maximum Gasteiger partial charge on any atom is 0.269 e. The Morgan fingerprint density at radius 1 is 1.32 bits per heavy atom. The summed E-state index contributed by atoms with van der Waals surface area (Å²) < 4.78 is 0. The lowest BCUT2D eigenvalue weighted by atomic mass is 10.1. The van der Waals surface area contributed by atoms with Crippen LogP contribution < -0.4 is 0 Å². The third kappa shape index (κ3) is 5.24. The van der Waals surface area contributed by atoms with Crippen molar-refractivity contribution in [1.82, 2.24) is 4.90 Å². The molecule has 128 valence electrons. The van der Waals surface area contributed by atoms with Crippen LogP contribution in [0.25, 0.3) is 0 Å².